The fourth-order valence-electron chi connectivity index (χ4n) is 1.44. The van der Waals surface area contributed by atoms with Crippen molar-refractivity contribution in [2.45, 2.75) is 30.7 Å². The van der Waals surface area contributed by atoms with Crippen molar-refractivity contribution in [2.24, 2.45) is 5.73 Å². The predicted octanol–water partition coefficient (Wildman–Crippen LogP) is 1.81. The van der Waals surface area contributed by atoms with E-state index in [2.05, 4.69) is 5.32 Å². The van der Waals surface area contributed by atoms with Crippen molar-refractivity contribution in [1.29, 1.82) is 0 Å². The standard InChI is InChI=1S/C12H17ClN2O3S/c1-12(2,14)7-11(16)15-10-6-8(19(3,17)18)4-5-9(10)13/h4-6H,7,14H2,1-3H3,(H,15,16). The molecule has 5 nitrogen and oxygen atoms in total. The molecule has 0 aliphatic heterocycles. The van der Waals surface area contributed by atoms with Gasteiger partial charge in [0.1, 0.15) is 0 Å². The number of nitrogens with two attached hydrogens (primary N) is 1. The highest BCUT2D eigenvalue weighted by Gasteiger charge is 2.18. The molecule has 0 aliphatic carbocycles. The van der Waals surface area contributed by atoms with Crippen LogP contribution in [0.4, 0.5) is 5.69 Å². The molecule has 1 rings (SSSR count). The molecule has 3 N–H and O–H groups in total. The SMILES string of the molecule is CC(C)(N)CC(=O)Nc1cc(S(C)(=O)=O)ccc1Cl. The van der Waals surface area contributed by atoms with E-state index in [4.69, 9.17) is 17.3 Å². The summed E-state index contributed by atoms with van der Waals surface area (Å²) in [5, 5.41) is 2.84. The lowest BCUT2D eigenvalue weighted by atomic mass is 10.0. The Labute approximate surface area is 118 Å². The topological polar surface area (TPSA) is 89.3 Å². The molecular formula is C12H17ClN2O3S. The minimum Gasteiger partial charge on any atom is -0.325 e. The van der Waals surface area contributed by atoms with Crippen molar-refractivity contribution < 1.29 is 13.2 Å². The maximum Gasteiger partial charge on any atom is 0.226 e. The molecule has 0 saturated carbocycles. The maximum atomic E-state index is 11.7. The number of hydrogen-bond acceptors (Lipinski definition) is 4. The van der Waals surface area contributed by atoms with Crippen LogP contribution in [0.2, 0.25) is 5.02 Å². The number of carbonyl (C=O) groups excluding carboxylic acids is 1. The van der Waals surface area contributed by atoms with Gasteiger partial charge in [0.25, 0.3) is 0 Å². The number of rotatable bonds is 4. The maximum absolute atomic E-state index is 11.7. The summed E-state index contributed by atoms with van der Waals surface area (Å²) in [5.74, 6) is -0.319. The second-order valence-corrected chi connectivity index (χ2v) is 7.55. The monoisotopic (exact) mass is 304 g/mol. The van der Waals surface area contributed by atoms with Gasteiger partial charge in [0, 0.05) is 18.2 Å². The fourth-order valence-corrected chi connectivity index (χ4v) is 2.25. The number of benzene rings is 1. The Bertz CT molecular complexity index is 591. The summed E-state index contributed by atoms with van der Waals surface area (Å²) in [5.41, 5.74) is 5.35. The molecule has 1 aromatic carbocycles. The van der Waals surface area contributed by atoms with Crippen LogP contribution < -0.4 is 11.1 Å². The molecule has 0 fully saturated rings. The molecule has 19 heavy (non-hydrogen) atoms. The van der Waals surface area contributed by atoms with E-state index in [0.717, 1.165) is 6.26 Å². The van der Waals surface area contributed by atoms with E-state index in [-0.39, 0.29) is 27.9 Å². The van der Waals surface area contributed by atoms with Gasteiger partial charge in [-0.25, -0.2) is 8.42 Å². The average molecular weight is 305 g/mol. The Morgan fingerprint density at radius 3 is 2.47 bits per heavy atom. The molecule has 0 radical (unpaired) electrons. The molecule has 7 heteroatoms. The Kier molecular flexibility index (Phi) is 4.60. The van der Waals surface area contributed by atoms with Gasteiger partial charge in [0.15, 0.2) is 9.84 Å². The summed E-state index contributed by atoms with van der Waals surface area (Å²) in [7, 11) is -3.35. The van der Waals surface area contributed by atoms with Crippen molar-refractivity contribution in [1.82, 2.24) is 0 Å². The number of amides is 1. The van der Waals surface area contributed by atoms with E-state index in [9.17, 15) is 13.2 Å². The Hall–Kier alpha value is -1.11. The number of anilines is 1. The number of nitrogens with one attached hydrogen (secondary N) is 1. The largest absolute Gasteiger partial charge is 0.325 e. The third-order valence-electron chi connectivity index (χ3n) is 2.26. The van der Waals surface area contributed by atoms with Crippen LogP contribution in [-0.2, 0) is 14.6 Å². The van der Waals surface area contributed by atoms with Crippen molar-refractivity contribution in [2.75, 3.05) is 11.6 Å². The zero-order valence-corrected chi connectivity index (χ0v) is 12.6. The van der Waals surface area contributed by atoms with Crippen molar-refractivity contribution in [3.05, 3.63) is 23.2 Å². The highest BCUT2D eigenvalue weighted by atomic mass is 35.5. The van der Waals surface area contributed by atoms with Crippen molar-refractivity contribution in [3.8, 4) is 0 Å². The summed E-state index contributed by atoms with van der Waals surface area (Å²) < 4.78 is 22.9. The van der Waals surface area contributed by atoms with Crippen LogP contribution in [-0.4, -0.2) is 26.1 Å². The van der Waals surface area contributed by atoms with Gasteiger partial charge in [-0.15, -0.1) is 0 Å². The van der Waals surface area contributed by atoms with E-state index in [1.165, 1.54) is 18.2 Å². The van der Waals surface area contributed by atoms with E-state index >= 15 is 0 Å². The van der Waals surface area contributed by atoms with Crippen LogP contribution in [0, 0.1) is 0 Å². The molecule has 0 unspecified atom stereocenters. The number of halogens is 1. The normalized spacial score (nSPS) is 12.3. The first-order chi connectivity index (χ1) is 8.49. The van der Waals surface area contributed by atoms with Gasteiger partial charge >= 0.3 is 0 Å². The van der Waals surface area contributed by atoms with Crippen molar-refractivity contribution in [3.63, 3.8) is 0 Å². The van der Waals surface area contributed by atoms with Crippen molar-refractivity contribution >= 4 is 33.0 Å². The number of carbonyl (C=O) groups is 1. The van der Waals surface area contributed by atoms with Crippen LogP contribution in [0.5, 0.6) is 0 Å². The molecule has 0 saturated heterocycles. The lowest BCUT2D eigenvalue weighted by Gasteiger charge is -2.18. The molecule has 0 spiro atoms. The minimum absolute atomic E-state index is 0.0965. The van der Waals surface area contributed by atoms with Crippen LogP contribution in [0.1, 0.15) is 20.3 Å². The summed E-state index contributed by atoms with van der Waals surface area (Å²) in [6.45, 7) is 3.45. The van der Waals surface area contributed by atoms with E-state index in [1.54, 1.807) is 13.8 Å². The molecule has 0 atom stereocenters. The number of sulfone groups is 1. The first kappa shape index (κ1) is 15.9. The molecular weight excluding hydrogens is 288 g/mol. The van der Waals surface area contributed by atoms with E-state index in [1.807, 2.05) is 0 Å². The molecule has 0 aliphatic rings. The second kappa shape index (κ2) is 5.48. The molecule has 106 valence electrons. The summed E-state index contributed by atoms with van der Waals surface area (Å²) in [6.07, 6.45) is 1.19. The van der Waals surface area contributed by atoms with Gasteiger partial charge in [-0.3, -0.25) is 4.79 Å². The van der Waals surface area contributed by atoms with Crippen LogP contribution in [0.25, 0.3) is 0 Å². The van der Waals surface area contributed by atoms with Gasteiger partial charge in [-0.05, 0) is 32.0 Å². The zero-order valence-electron chi connectivity index (χ0n) is 11.0. The van der Waals surface area contributed by atoms with Crippen LogP contribution >= 0.6 is 11.6 Å². The molecule has 1 amide bonds. The first-order valence-corrected chi connectivity index (χ1v) is 7.84. The van der Waals surface area contributed by atoms with Gasteiger partial charge in [-0.2, -0.15) is 0 Å². The van der Waals surface area contributed by atoms with Gasteiger partial charge in [0.2, 0.25) is 5.91 Å². The molecule has 1 aromatic rings. The van der Waals surface area contributed by atoms with Crippen LogP contribution in [0.15, 0.2) is 23.1 Å². The highest BCUT2D eigenvalue weighted by Crippen LogP contribution is 2.25. The van der Waals surface area contributed by atoms with Gasteiger partial charge < -0.3 is 11.1 Å². The van der Waals surface area contributed by atoms with E-state index < -0.39 is 15.4 Å². The minimum atomic E-state index is -3.35. The third-order valence-corrected chi connectivity index (χ3v) is 3.70. The van der Waals surface area contributed by atoms with Gasteiger partial charge in [-0.1, -0.05) is 11.6 Å². The summed E-state index contributed by atoms with van der Waals surface area (Å²) >= 11 is 5.92. The van der Waals surface area contributed by atoms with Crippen LogP contribution in [0.3, 0.4) is 0 Å². The fraction of sp³-hybridized carbons (Fsp3) is 0.417. The quantitative estimate of drug-likeness (QED) is 0.887. The lowest BCUT2D eigenvalue weighted by Crippen LogP contribution is -2.36. The van der Waals surface area contributed by atoms with Gasteiger partial charge in [0.05, 0.1) is 15.6 Å². The Morgan fingerprint density at radius 2 is 2.00 bits per heavy atom. The zero-order chi connectivity index (χ0) is 14.8. The molecule has 0 heterocycles. The average Bonchev–Trinajstić information content (AvgIpc) is 2.16. The number of hydrogen-bond donors (Lipinski definition) is 2. The highest BCUT2D eigenvalue weighted by molar-refractivity contribution is 7.90. The molecule has 0 bridgehead atoms. The first-order valence-electron chi connectivity index (χ1n) is 5.57. The summed E-state index contributed by atoms with van der Waals surface area (Å²) in [4.78, 5) is 11.8. The Morgan fingerprint density at radius 1 is 1.42 bits per heavy atom. The summed E-state index contributed by atoms with van der Waals surface area (Å²) in [6, 6.07) is 4.15. The molecule has 0 aromatic heterocycles. The third kappa shape index (κ3) is 5.18. The lowest BCUT2D eigenvalue weighted by molar-refractivity contribution is -0.117. The van der Waals surface area contributed by atoms with E-state index in [0.29, 0.717) is 0 Å². The predicted molar refractivity (Wildman–Crippen MR) is 76.1 cm³/mol. The second-order valence-electron chi connectivity index (χ2n) is 5.13. The Balaban J connectivity index is 2.99. The smallest absolute Gasteiger partial charge is 0.226 e.